The average Bonchev–Trinajstić information content (AvgIpc) is 2.42. The van der Waals surface area contributed by atoms with Crippen LogP contribution in [0.3, 0.4) is 0 Å². The average molecular weight is 281 g/mol. The van der Waals surface area contributed by atoms with Crippen LogP contribution in [-0.2, 0) is 9.59 Å². The number of likely N-dealkylation sites (N-methyl/N-ethyl adjacent to an activating group) is 1. The predicted molar refractivity (Wildman–Crippen MR) is 74.9 cm³/mol. The number of nitrogens with two attached hydrogens (primary N) is 1. The van der Waals surface area contributed by atoms with Gasteiger partial charge in [-0.2, -0.15) is 0 Å². The largest absolute Gasteiger partial charge is 0.484 e. The van der Waals surface area contributed by atoms with Crippen LogP contribution in [0.1, 0.15) is 5.56 Å². The SMILES string of the molecule is CNC(=O)CNC(=O)COc1ccc(C(N)=S)cc1. The Balaban J connectivity index is 2.37. The zero-order chi connectivity index (χ0) is 14.3. The van der Waals surface area contributed by atoms with Gasteiger partial charge in [-0.25, -0.2) is 0 Å². The molecule has 1 aromatic carbocycles. The summed E-state index contributed by atoms with van der Waals surface area (Å²) in [5.41, 5.74) is 6.18. The summed E-state index contributed by atoms with van der Waals surface area (Å²) in [6, 6.07) is 6.75. The van der Waals surface area contributed by atoms with Crippen molar-refractivity contribution in [2.24, 2.45) is 5.73 Å². The van der Waals surface area contributed by atoms with Gasteiger partial charge < -0.3 is 21.1 Å². The van der Waals surface area contributed by atoms with E-state index in [4.69, 9.17) is 22.7 Å². The van der Waals surface area contributed by atoms with E-state index in [0.29, 0.717) is 10.7 Å². The van der Waals surface area contributed by atoms with E-state index in [-0.39, 0.29) is 25.0 Å². The van der Waals surface area contributed by atoms with E-state index in [1.807, 2.05) is 0 Å². The molecule has 0 bridgehead atoms. The van der Waals surface area contributed by atoms with Crippen LogP contribution in [-0.4, -0.2) is 37.0 Å². The lowest BCUT2D eigenvalue weighted by Crippen LogP contribution is -2.37. The highest BCUT2D eigenvalue weighted by Gasteiger charge is 2.05. The number of hydrogen-bond donors (Lipinski definition) is 3. The number of benzene rings is 1. The number of rotatable bonds is 6. The fraction of sp³-hybridized carbons (Fsp3) is 0.250. The molecule has 102 valence electrons. The maximum absolute atomic E-state index is 11.4. The summed E-state index contributed by atoms with van der Waals surface area (Å²) in [5.74, 6) is -0.119. The van der Waals surface area contributed by atoms with E-state index in [1.165, 1.54) is 7.05 Å². The maximum atomic E-state index is 11.4. The number of hydrogen-bond acceptors (Lipinski definition) is 4. The molecule has 1 aromatic rings. The Morgan fingerprint density at radius 3 is 2.42 bits per heavy atom. The molecular formula is C12H15N3O3S. The van der Waals surface area contributed by atoms with Crippen LogP contribution in [0, 0.1) is 0 Å². The van der Waals surface area contributed by atoms with E-state index < -0.39 is 0 Å². The Labute approximate surface area is 116 Å². The van der Waals surface area contributed by atoms with Crippen molar-refractivity contribution in [2.45, 2.75) is 0 Å². The van der Waals surface area contributed by atoms with Crippen molar-refractivity contribution in [2.75, 3.05) is 20.2 Å². The molecule has 1 rings (SSSR count). The van der Waals surface area contributed by atoms with Gasteiger partial charge in [-0.15, -0.1) is 0 Å². The molecule has 0 saturated heterocycles. The smallest absolute Gasteiger partial charge is 0.258 e. The Morgan fingerprint density at radius 2 is 1.89 bits per heavy atom. The minimum absolute atomic E-state index is 0.0704. The summed E-state index contributed by atoms with van der Waals surface area (Å²) >= 11 is 4.82. The van der Waals surface area contributed by atoms with E-state index in [1.54, 1.807) is 24.3 Å². The van der Waals surface area contributed by atoms with E-state index >= 15 is 0 Å². The van der Waals surface area contributed by atoms with Gasteiger partial charge in [0.2, 0.25) is 5.91 Å². The van der Waals surface area contributed by atoms with E-state index in [2.05, 4.69) is 10.6 Å². The highest BCUT2D eigenvalue weighted by atomic mass is 32.1. The number of carbonyl (C=O) groups excluding carboxylic acids is 2. The van der Waals surface area contributed by atoms with Gasteiger partial charge in [-0.1, -0.05) is 12.2 Å². The van der Waals surface area contributed by atoms with Gasteiger partial charge in [-0.3, -0.25) is 9.59 Å². The maximum Gasteiger partial charge on any atom is 0.258 e. The van der Waals surface area contributed by atoms with Crippen molar-refractivity contribution in [3.8, 4) is 5.75 Å². The second-order valence-electron chi connectivity index (χ2n) is 3.63. The van der Waals surface area contributed by atoms with Crippen molar-refractivity contribution in [3.05, 3.63) is 29.8 Å². The first-order valence-electron chi connectivity index (χ1n) is 5.53. The first kappa shape index (κ1) is 14.9. The monoisotopic (exact) mass is 281 g/mol. The Bertz CT molecular complexity index is 474. The molecule has 0 unspecified atom stereocenters. The van der Waals surface area contributed by atoms with Crippen LogP contribution in [0.25, 0.3) is 0 Å². The summed E-state index contributed by atoms with van der Waals surface area (Å²) in [7, 11) is 1.49. The summed E-state index contributed by atoms with van der Waals surface area (Å²) in [6.07, 6.45) is 0. The van der Waals surface area contributed by atoms with Crippen LogP contribution < -0.4 is 21.1 Å². The fourth-order valence-corrected chi connectivity index (χ4v) is 1.32. The minimum atomic E-state index is -0.373. The van der Waals surface area contributed by atoms with Gasteiger partial charge in [0.05, 0.1) is 6.54 Å². The van der Waals surface area contributed by atoms with Crippen molar-refractivity contribution in [1.29, 1.82) is 0 Å². The Morgan fingerprint density at radius 1 is 1.26 bits per heavy atom. The molecule has 0 saturated carbocycles. The predicted octanol–water partition coefficient (Wildman–Crippen LogP) is -0.438. The van der Waals surface area contributed by atoms with Crippen molar-refractivity contribution in [3.63, 3.8) is 0 Å². The van der Waals surface area contributed by atoms with E-state index in [9.17, 15) is 9.59 Å². The van der Waals surface area contributed by atoms with Gasteiger partial charge in [0.15, 0.2) is 6.61 Å². The van der Waals surface area contributed by atoms with Gasteiger partial charge in [0.25, 0.3) is 5.91 Å². The number of amides is 2. The molecule has 19 heavy (non-hydrogen) atoms. The van der Waals surface area contributed by atoms with Gasteiger partial charge in [0.1, 0.15) is 10.7 Å². The second-order valence-corrected chi connectivity index (χ2v) is 4.07. The summed E-state index contributed by atoms with van der Waals surface area (Å²) < 4.78 is 5.24. The molecule has 0 aliphatic rings. The van der Waals surface area contributed by atoms with Crippen LogP contribution in [0.4, 0.5) is 0 Å². The standard InChI is InChI=1S/C12H15N3O3S/c1-14-10(16)6-15-11(17)7-18-9-4-2-8(3-5-9)12(13)19/h2-5H,6-7H2,1H3,(H2,13,19)(H,14,16)(H,15,17). The van der Waals surface area contributed by atoms with Crippen LogP contribution in [0.5, 0.6) is 5.75 Å². The van der Waals surface area contributed by atoms with E-state index in [0.717, 1.165) is 5.56 Å². The van der Waals surface area contributed by atoms with Crippen molar-refractivity contribution < 1.29 is 14.3 Å². The fourth-order valence-electron chi connectivity index (χ4n) is 1.18. The minimum Gasteiger partial charge on any atom is -0.484 e. The lowest BCUT2D eigenvalue weighted by Gasteiger charge is -2.07. The highest BCUT2D eigenvalue weighted by Crippen LogP contribution is 2.11. The normalized spacial score (nSPS) is 9.53. The van der Waals surface area contributed by atoms with Gasteiger partial charge >= 0.3 is 0 Å². The van der Waals surface area contributed by atoms with Crippen molar-refractivity contribution >= 4 is 29.0 Å². The molecular weight excluding hydrogens is 266 g/mol. The molecule has 7 heteroatoms. The third kappa shape index (κ3) is 5.35. The van der Waals surface area contributed by atoms with Crippen molar-refractivity contribution in [1.82, 2.24) is 10.6 Å². The third-order valence-electron chi connectivity index (χ3n) is 2.23. The molecule has 4 N–H and O–H groups in total. The highest BCUT2D eigenvalue weighted by molar-refractivity contribution is 7.80. The summed E-state index contributed by atoms with van der Waals surface area (Å²) in [6.45, 7) is -0.234. The number of thiocarbonyl (C=S) groups is 1. The molecule has 6 nitrogen and oxygen atoms in total. The van der Waals surface area contributed by atoms with Crippen LogP contribution in [0.15, 0.2) is 24.3 Å². The lowest BCUT2D eigenvalue weighted by molar-refractivity contribution is -0.127. The van der Waals surface area contributed by atoms with Crippen LogP contribution in [0.2, 0.25) is 0 Å². The van der Waals surface area contributed by atoms with Gasteiger partial charge in [-0.05, 0) is 24.3 Å². The first-order chi connectivity index (χ1) is 9.02. The third-order valence-corrected chi connectivity index (χ3v) is 2.47. The molecule has 0 aromatic heterocycles. The Kier molecular flexibility index (Phi) is 5.74. The zero-order valence-corrected chi connectivity index (χ0v) is 11.3. The summed E-state index contributed by atoms with van der Waals surface area (Å²) in [4.78, 5) is 22.6. The first-order valence-corrected chi connectivity index (χ1v) is 5.93. The number of ether oxygens (including phenoxy) is 1. The lowest BCUT2D eigenvalue weighted by atomic mass is 10.2. The second kappa shape index (κ2) is 7.32. The Hall–Kier alpha value is -2.15. The molecule has 0 fully saturated rings. The number of nitrogens with one attached hydrogen (secondary N) is 2. The molecule has 2 amide bonds. The molecule has 0 radical (unpaired) electrons. The number of carbonyl (C=O) groups is 2. The summed E-state index contributed by atoms with van der Waals surface area (Å²) in [5, 5.41) is 4.81. The molecule has 0 aliphatic heterocycles. The molecule has 0 spiro atoms. The molecule has 0 aliphatic carbocycles. The van der Waals surface area contributed by atoms with Crippen LogP contribution >= 0.6 is 12.2 Å². The quantitative estimate of drug-likeness (QED) is 0.615. The zero-order valence-electron chi connectivity index (χ0n) is 10.4. The van der Waals surface area contributed by atoms with Gasteiger partial charge in [0, 0.05) is 12.6 Å². The topological polar surface area (TPSA) is 93.5 Å². The molecule has 0 heterocycles. The molecule has 0 atom stereocenters.